The predicted molar refractivity (Wildman–Crippen MR) is 89.6 cm³/mol. The lowest BCUT2D eigenvalue weighted by Crippen LogP contribution is -2.23. The molecule has 0 bridgehead atoms. The highest BCUT2D eigenvalue weighted by molar-refractivity contribution is 7.84. The molecule has 0 spiro atoms. The second-order valence-electron chi connectivity index (χ2n) is 4.63. The van der Waals surface area contributed by atoms with Gasteiger partial charge in [0.25, 0.3) is 0 Å². The van der Waals surface area contributed by atoms with E-state index in [1.807, 2.05) is 37.3 Å². The number of nitrogens with zero attached hydrogens (tertiary/aromatic N) is 1. The van der Waals surface area contributed by atoms with Gasteiger partial charge in [-0.15, -0.1) is 0 Å². The van der Waals surface area contributed by atoms with Crippen LogP contribution in [0.3, 0.4) is 0 Å². The molecule has 6 heteroatoms. The van der Waals surface area contributed by atoms with Crippen molar-refractivity contribution in [3.8, 4) is 0 Å². The number of fused-ring (bicyclic) bond motifs is 1. The Bertz CT molecular complexity index is 673. The zero-order valence-electron chi connectivity index (χ0n) is 11.4. The molecule has 2 rings (SSSR count). The van der Waals surface area contributed by atoms with Crippen molar-refractivity contribution in [3.05, 3.63) is 35.9 Å². The molecule has 1 aromatic carbocycles. The summed E-state index contributed by atoms with van der Waals surface area (Å²) in [5.74, 6) is 0.647. The minimum absolute atomic E-state index is 0.0301. The number of anilines is 1. The summed E-state index contributed by atoms with van der Waals surface area (Å²) in [6, 6.07) is 9.72. The Kier molecular flexibility index (Phi) is 4.67. The lowest BCUT2D eigenvalue weighted by molar-refractivity contribution is 0.679. The molecule has 2 aromatic rings. The molecule has 2 atom stereocenters. The molecule has 106 valence electrons. The summed E-state index contributed by atoms with van der Waals surface area (Å²) in [5.41, 5.74) is 7.35. The van der Waals surface area contributed by atoms with Crippen LogP contribution >= 0.6 is 12.2 Å². The number of hydrogen-bond donors (Lipinski definition) is 2. The minimum Gasteiger partial charge on any atom is -0.389 e. The van der Waals surface area contributed by atoms with Crippen molar-refractivity contribution < 1.29 is 4.21 Å². The SMILES string of the molecule is CC(CNc1nc2ccccc2cc1C(N)=S)S(C)=O. The summed E-state index contributed by atoms with van der Waals surface area (Å²) < 4.78 is 11.4. The van der Waals surface area contributed by atoms with Crippen LogP contribution in [0.4, 0.5) is 5.82 Å². The number of benzene rings is 1. The molecule has 3 N–H and O–H groups in total. The van der Waals surface area contributed by atoms with Crippen LogP contribution in [0.15, 0.2) is 30.3 Å². The molecule has 2 unspecified atom stereocenters. The predicted octanol–water partition coefficient (Wildman–Crippen LogP) is 2.05. The van der Waals surface area contributed by atoms with E-state index in [1.165, 1.54) is 0 Å². The van der Waals surface area contributed by atoms with E-state index in [-0.39, 0.29) is 5.25 Å². The molecule has 1 heterocycles. The third-order valence-corrected chi connectivity index (χ3v) is 4.63. The van der Waals surface area contributed by atoms with Crippen molar-refractivity contribution >= 4 is 44.7 Å². The van der Waals surface area contributed by atoms with Gasteiger partial charge in [0, 0.05) is 34.2 Å². The molecular weight excluding hydrogens is 290 g/mol. The molecule has 0 radical (unpaired) electrons. The molecule has 0 aliphatic carbocycles. The number of para-hydroxylation sites is 1. The Morgan fingerprint density at radius 3 is 2.85 bits per heavy atom. The maximum atomic E-state index is 11.4. The largest absolute Gasteiger partial charge is 0.389 e. The number of pyridine rings is 1. The number of nitrogens with two attached hydrogens (primary N) is 1. The highest BCUT2D eigenvalue weighted by atomic mass is 32.2. The van der Waals surface area contributed by atoms with Crippen LogP contribution in [0.25, 0.3) is 10.9 Å². The fraction of sp³-hybridized carbons (Fsp3) is 0.286. The molecule has 0 aliphatic heterocycles. The Morgan fingerprint density at radius 1 is 1.50 bits per heavy atom. The van der Waals surface area contributed by atoms with Gasteiger partial charge in [-0.1, -0.05) is 30.4 Å². The zero-order valence-corrected chi connectivity index (χ0v) is 13.1. The summed E-state index contributed by atoms with van der Waals surface area (Å²) in [6.45, 7) is 2.48. The molecule has 0 amide bonds. The number of rotatable bonds is 5. The highest BCUT2D eigenvalue weighted by Crippen LogP contribution is 2.20. The molecule has 0 saturated carbocycles. The molecule has 0 fully saturated rings. The Hall–Kier alpha value is -1.53. The van der Waals surface area contributed by atoms with Gasteiger partial charge in [-0.25, -0.2) is 4.98 Å². The van der Waals surface area contributed by atoms with Crippen LogP contribution in [0.5, 0.6) is 0 Å². The van der Waals surface area contributed by atoms with Crippen molar-refractivity contribution in [1.29, 1.82) is 0 Å². The van der Waals surface area contributed by atoms with Crippen LogP contribution < -0.4 is 11.1 Å². The molecule has 1 aromatic heterocycles. The average molecular weight is 307 g/mol. The molecular formula is C14H17N3OS2. The van der Waals surface area contributed by atoms with Gasteiger partial charge in [0.1, 0.15) is 10.8 Å². The maximum Gasteiger partial charge on any atom is 0.137 e. The lowest BCUT2D eigenvalue weighted by atomic mass is 10.1. The van der Waals surface area contributed by atoms with Crippen LogP contribution in [0.2, 0.25) is 0 Å². The van der Waals surface area contributed by atoms with E-state index >= 15 is 0 Å². The van der Waals surface area contributed by atoms with Crippen molar-refractivity contribution in [2.45, 2.75) is 12.2 Å². The smallest absolute Gasteiger partial charge is 0.137 e. The van der Waals surface area contributed by atoms with Gasteiger partial charge < -0.3 is 11.1 Å². The molecule has 4 nitrogen and oxygen atoms in total. The second kappa shape index (κ2) is 6.28. The van der Waals surface area contributed by atoms with E-state index < -0.39 is 10.8 Å². The van der Waals surface area contributed by atoms with Gasteiger partial charge in [-0.2, -0.15) is 0 Å². The van der Waals surface area contributed by atoms with E-state index in [9.17, 15) is 4.21 Å². The van der Waals surface area contributed by atoms with Crippen molar-refractivity contribution in [3.63, 3.8) is 0 Å². The van der Waals surface area contributed by atoms with Gasteiger partial charge >= 0.3 is 0 Å². The first-order chi connectivity index (χ1) is 9.49. The summed E-state index contributed by atoms with van der Waals surface area (Å²) in [4.78, 5) is 4.85. The number of hydrogen-bond acceptors (Lipinski definition) is 4. The first-order valence-corrected chi connectivity index (χ1v) is 8.27. The van der Waals surface area contributed by atoms with Gasteiger partial charge in [-0.05, 0) is 19.1 Å². The number of aromatic nitrogens is 1. The Labute approximate surface area is 126 Å². The van der Waals surface area contributed by atoms with Crippen LogP contribution in [0.1, 0.15) is 12.5 Å². The van der Waals surface area contributed by atoms with Gasteiger partial charge in [0.2, 0.25) is 0 Å². The van der Waals surface area contributed by atoms with E-state index in [0.717, 1.165) is 10.9 Å². The van der Waals surface area contributed by atoms with Crippen LogP contribution in [-0.2, 0) is 10.8 Å². The first kappa shape index (κ1) is 14.9. The standard InChI is InChI=1S/C14H17N3OS2/c1-9(20(2)18)8-16-14-11(13(15)19)7-10-5-3-4-6-12(10)17-14/h3-7,9H,8H2,1-2H3,(H2,15,19)(H,16,17). The Balaban J connectivity index is 2.37. The minimum atomic E-state index is -0.883. The molecule has 0 aliphatic rings. The first-order valence-electron chi connectivity index (χ1n) is 6.24. The monoisotopic (exact) mass is 307 g/mol. The topological polar surface area (TPSA) is 68.0 Å². The molecule has 0 saturated heterocycles. The maximum absolute atomic E-state index is 11.4. The fourth-order valence-electron chi connectivity index (χ4n) is 1.80. The average Bonchev–Trinajstić information content (AvgIpc) is 2.43. The van der Waals surface area contributed by atoms with Crippen molar-refractivity contribution in [2.24, 2.45) is 5.73 Å². The van der Waals surface area contributed by atoms with E-state index in [1.54, 1.807) is 6.26 Å². The second-order valence-corrected chi connectivity index (χ2v) is 6.87. The molecule has 20 heavy (non-hydrogen) atoms. The van der Waals surface area contributed by atoms with E-state index in [4.69, 9.17) is 18.0 Å². The normalized spacial score (nSPS) is 13.9. The summed E-state index contributed by atoms with van der Waals surface area (Å²) in [5, 5.41) is 4.22. The lowest BCUT2D eigenvalue weighted by Gasteiger charge is -2.14. The Morgan fingerprint density at radius 2 is 2.20 bits per heavy atom. The van der Waals surface area contributed by atoms with Crippen molar-refractivity contribution in [1.82, 2.24) is 4.98 Å². The fourth-order valence-corrected chi connectivity index (χ4v) is 2.27. The van der Waals surface area contributed by atoms with Crippen LogP contribution in [-0.4, -0.2) is 32.2 Å². The number of nitrogens with one attached hydrogen (secondary N) is 1. The zero-order chi connectivity index (χ0) is 14.7. The van der Waals surface area contributed by atoms with Gasteiger partial charge in [0.15, 0.2) is 0 Å². The summed E-state index contributed by atoms with van der Waals surface area (Å²) in [6.07, 6.45) is 1.69. The quantitative estimate of drug-likeness (QED) is 0.828. The van der Waals surface area contributed by atoms with Crippen LogP contribution in [0, 0.1) is 0 Å². The third-order valence-electron chi connectivity index (χ3n) is 3.11. The third kappa shape index (κ3) is 3.32. The van der Waals surface area contributed by atoms with Gasteiger partial charge in [-0.3, -0.25) is 4.21 Å². The summed E-state index contributed by atoms with van der Waals surface area (Å²) >= 11 is 5.08. The highest BCUT2D eigenvalue weighted by Gasteiger charge is 2.11. The van der Waals surface area contributed by atoms with Crippen molar-refractivity contribution in [2.75, 3.05) is 18.1 Å². The van der Waals surface area contributed by atoms with Gasteiger partial charge in [0.05, 0.1) is 11.1 Å². The van der Waals surface area contributed by atoms with E-state index in [2.05, 4.69) is 10.3 Å². The van der Waals surface area contributed by atoms with E-state index in [0.29, 0.717) is 22.9 Å². The number of thiocarbonyl (C=S) groups is 1. The summed E-state index contributed by atoms with van der Waals surface area (Å²) in [7, 11) is -0.883.